The van der Waals surface area contributed by atoms with Gasteiger partial charge < -0.3 is 20.4 Å². The highest BCUT2D eigenvalue weighted by molar-refractivity contribution is 7.33. The fraction of sp³-hybridized carbons (Fsp3) is 1.00. The first-order valence-corrected chi connectivity index (χ1v) is 14.7. The van der Waals surface area contributed by atoms with Crippen LogP contribution in [0.1, 0.15) is 81.1 Å². The topological polar surface area (TPSA) is 123 Å². The van der Waals surface area contributed by atoms with Crippen molar-refractivity contribution in [3.63, 3.8) is 0 Å². The van der Waals surface area contributed by atoms with E-state index in [-0.39, 0.29) is 76.3 Å². The fourth-order valence-corrected chi connectivity index (χ4v) is 6.44. The van der Waals surface area contributed by atoms with Gasteiger partial charge in [-0.15, -0.1) is 0 Å². The molecule has 0 spiro atoms. The maximum absolute atomic E-state index is 13.8. The lowest BCUT2D eigenvalue weighted by Gasteiger charge is -2.43. The van der Waals surface area contributed by atoms with Crippen LogP contribution in [0.5, 0.6) is 0 Å². The molecule has 0 heterocycles. The maximum atomic E-state index is 13.8. The van der Waals surface area contributed by atoms with Gasteiger partial charge in [0.2, 0.25) is 0 Å². The standard InChI is InChI=1S/C26H56N2O7P/c1-21(2)17-25(18-22(3)4,27(9-13-29)10-14-30)34-36(33)35-26(19-23(5)6,20-24(7)8)28(11-15-31)12-16-32/h21-24,29-32H,9-20H2,1-8H3/q+1. The second kappa shape index (κ2) is 18.1. The number of hydrogen-bond acceptors (Lipinski definition) is 9. The molecule has 10 heteroatoms. The van der Waals surface area contributed by atoms with Crippen molar-refractivity contribution < 1.29 is 34.0 Å². The van der Waals surface area contributed by atoms with Crippen LogP contribution >= 0.6 is 8.25 Å². The van der Waals surface area contributed by atoms with E-state index >= 15 is 0 Å². The Balaban J connectivity index is 6.53. The summed E-state index contributed by atoms with van der Waals surface area (Å²) in [4.78, 5) is 3.77. The molecule has 0 fully saturated rings. The molecule has 0 aliphatic rings. The summed E-state index contributed by atoms with van der Waals surface area (Å²) in [5.74, 6) is 0.790. The van der Waals surface area contributed by atoms with Crippen molar-refractivity contribution in [1.82, 2.24) is 9.80 Å². The average molecular weight is 540 g/mol. The van der Waals surface area contributed by atoms with E-state index in [9.17, 15) is 25.0 Å². The second-order valence-corrected chi connectivity index (χ2v) is 12.4. The van der Waals surface area contributed by atoms with Gasteiger partial charge in [-0.05, 0) is 49.4 Å². The van der Waals surface area contributed by atoms with Crippen molar-refractivity contribution in [2.45, 2.75) is 92.5 Å². The molecule has 0 atom stereocenters. The predicted octanol–water partition coefficient (Wildman–Crippen LogP) is 3.83. The van der Waals surface area contributed by atoms with Gasteiger partial charge in [0.1, 0.15) is 0 Å². The Morgan fingerprint density at radius 2 is 0.778 bits per heavy atom. The smallest absolute Gasteiger partial charge is 0.395 e. The Morgan fingerprint density at radius 3 is 0.944 bits per heavy atom. The van der Waals surface area contributed by atoms with Crippen LogP contribution in [0.15, 0.2) is 0 Å². The van der Waals surface area contributed by atoms with Crippen molar-refractivity contribution in [3.8, 4) is 0 Å². The molecule has 0 bridgehead atoms. The Labute approximate surface area is 221 Å². The van der Waals surface area contributed by atoms with E-state index in [4.69, 9.17) is 9.05 Å². The first kappa shape index (κ1) is 35.8. The lowest BCUT2D eigenvalue weighted by atomic mass is 9.90. The van der Waals surface area contributed by atoms with E-state index in [1.807, 2.05) is 9.80 Å². The van der Waals surface area contributed by atoms with Crippen LogP contribution in [-0.2, 0) is 13.6 Å². The van der Waals surface area contributed by atoms with Crippen LogP contribution in [-0.4, -0.2) is 94.3 Å². The quantitative estimate of drug-likeness (QED) is 0.120. The summed E-state index contributed by atoms with van der Waals surface area (Å²) < 4.78 is 26.6. The molecule has 0 aromatic heterocycles. The van der Waals surface area contributed by atoms with E-state index < -0.39 is 19.7 Å². The molecule has 216 valence electrons. The zero-order valence-electron chi connectivity index (χ0n) is 24.1. The van der Waals surface area contributed by atoms with Gasteiger partial charge in [0.05, 0.1) is 26.4 Å². The van der Waals surface area contributed by atoms with E-state index in [1.54, 1.807) is 0 Å². The molecular weight excluding hydrogens is 483 g/mol. The van der Waals surface area contributed by atoms with E-state index in [2.05, 4.69) is 55.4 Å². The van der Waals surface area contributed by atoms with E-state index in [0.717, 1.165) is 0 Å². The first-order valence-electron chi connectivity index (χ1n) is 13.6. The van der Waals surface area contributed by atoms with Crippen LogP contribution in [0.4, 0.5) is 0 Å². The average Bonchev–Trinajstić information content (AvgIpc) is 2.71. The van der Waals surface area contributed by atoms with Gasteiger partial charge in [-0.1, -0.05) is 64.4 Å². The molecule has 4 N–H and O–H groups in total. The Bertz CT molecular complexity index is 511. The molecule has 0 rings (SSSR count). The molecule has 0 saturated carbocycles. The monoisotopic (exact) mass is 539 g/mol. The van der Waals surface area contributed by atoms with Crippen molar-refractivity contribution in [2.24, 2.45) is 23.7 Å². The predicted molar refractivity (Wildman–Crippen MR) is 145 cm³/mol. The molecule has 0 saturated heterocycles. The lowest BCUT2D eigenvalue weighted by Crippen LogP contribution is -2.55. The summed E-state index contributed by atoms with van der Waals surface area (Å²) in [5, 5.41) is 39.1. The summed E-state index contributed by atoms with van der Waals surface area (Å²) >= 11 is 0. The molecule has 9 nitrogen and oxygen atoms in total. The maximum Gasteiger partial charge on any atom is 0.701 e. The molecule has 0 aliphatic carbocycles. The third-order valence-corrected chi connectivity index (χ3v) is 7.01. The number of nitrogens with zero attached hydrogens (tertiary/aromatic N) is 2. The number of aliphatic hydroxyl groups excluding tert-OH is 4. The number of rotatable bonds is 22. The van der Waals surface area contributed by atoms with E-state index in [0.29, 0.717) is 25.7 Å². The molecule has 0 unspecified atom stereocenters. The Hall–Kier alpha value is -0.220. The van der Waals surface area contributed by atoms with Crippen LogP contribution in [0.2, 0.25) is 0 Å². The van der Waals surface area contributed by atoms with Crippen LogP contribution in [0.25, 0.3) is 0 Å². The molecule has 0 aliphatic heterocycles. The van der Waals surface area contributed by atoms with Crippen molar-refractivity contribution in [1.29, 1.82) is 0 Å². The van der Waals surface area contributed by atoms with Gasteiger partial charge in [-0.3, -0.25) is 9.80 Å². The van der Waals surface area contributed by atoms with E-state index in [1.165, 1.54) is 0 Å². The van der Waals surface area contributed by atoms with Crippen molar-refractivity contribution in [3.05, 3.63) is 0 Å². The van der Waals surface area contributed by atoms with Crippen LogP contribution in [0.3, 0.4) is 0 Å². The van der Waals surface area contributed by atoms with Crippen molar-refractivity contribution >= 4 is 8.25 Å². The first-order chi connectivity index (χ1) is 16.8. The fourth-order valence-electron chi connectivity index (χ4n) is 5.32. The summed E-state index contributed by atoms with van der Waals surface area (Å²) in [6, 6.07) is 0. The Kier molecular flexibility index (Phi) is 18.0. The highest BCUT2D eigenvalue weighted by atomic mass is 31.1. The normalized spacial score (nSPS) is 13.4. The molecular formula is C26H56N2O7P+. The summed E-state index contributed by atoms with van der Waals surface area (Å²) in [7, 11) is -2.65. The highest BCUT2D eigenvalue weighted by Gasteiger charge is 2.53. The zero-order chi connectivity index (χ0) is 27.9. The van der Waals surface area contributed by atoms with Crippen LogP contribution in [0, 0.1) is 23.7 Å². The molecule has 0 radical (unpaired) electrons. The van der Waals surface area contributed by atoms with Gasteiger partial charge in [0, 0.05) is 30.7 Å². The number of aliphatic hydroxyl groups is 4. The number of hydrogen-bond donors (Lipinski definition) is 4. The van der Waals surface area contributed by atoms with Crippen molar-refractivity contribution in [2.75, 3.05) is 52.6 Å². The molecule has 0 amide bonds. The minimum atomic E-state index is -2.65. The highest BCUT2D eigenvalue weighted by Crippen LogP contribution is 2.47. The largest absolute Gasteiger partial charge is 0.701 e. The van der Waals surface area contributed by atoms with Gasteiger partial charge in [0.25, 0.3) is 0 Å². The molecule has 0 aromatic carbocycles. The SMILES string of the molecule is CC(C)CC(CC(C)C)(O[P+](=O)OC(CC(C)C)(CC(C)C)N(CCO)CCO)N(CCO)CCO. The molecule has 36 heavy (non-hydrogen) atoms. The van der Waals surface area contributed by atoms with Gasteiger partial charge in [0.15, 0.2) is 11.4 Å². The summed E-state index contributed by atoms with van der Waals surface area (Å²) in [6.45, 7) is 17.1. The zero-order valence-corrected chi connectivity index (χ0v) is 25.0. The third kappa shape index (κ3) is 12.5. The summed E-state index contributed by atoms with van der Waals surface area (Å²) in [6.07, 6.45) is 2.20. The molecule has 0 aromatic rings. The second-order valence-electron chi connectivity index (χ2n) is 11.6. The van der Waals surface area contributed by atoms with Gasteiger partial charge in [-0.2, -0.15) is 0 Å². The van der Waals surface area contributed by atoms with Gasteiger partial charge >= 0.3 is 8.25 Å². The minimum absolute atomic E-state index is 0.121. The van der Waals surface area contributed by atoms with Crippen LogP contribution < -0.4 is 0 Å². The van der Waals surface area contributed by atoms with Gasteiger partial charge in [-0.25, -0.2) is 0 Å². The minimum Gasteiger partial charge on any atom is -0.395 e. The third-order valence-electron chi connectivity index (χ3n) is 6.03. The lowest BCUT2D eigenvalue weighted by molar-refractivity contribution is -0.154. The Morgan fingerprint density at radius 1 is 0.556 bits per heavy atom. The summed E-state index contributed by atoms with van der Waals surface area (Å²) in [5.41, 5.74) is -2.00.